The van der Waals surface area contributed by atoms with Crippen molar-refractivity contribution in [3.63, 3.8) is 0 Å². The summed E-state index contributed by atoms with van der Waals surface area (Å²) < 4.78 is 0. The predicted molar refractivity (Wildman–Crippen MR) is 34.5 cm³/mol. The van der Waals surface area contributed by atoms with Crippen molar-refractivity contribution in [2.75, 3.05) is 7.05 Å². The van der Waals surface area contributed by atoms with Crippen LogP contribution < -0.4 is 5.32 Å². The van der Waals surface area contributed by atoms with Gasteiger partial charge in [-0.05, 0) is 6.92 Å². The summed E-state index contributed by atoms with van der Waals surface area (Å²) in [5.41, 5.74) is 0.539. The molecule has 0 aromatic heterocycles. The van der Waals surface area contributed by atoms with Crippen LogP contribution in [0.2, 0.25) is 0 Å². The van der Waals surface area contributed by atoms with Gasteiger partial charge in [0.15, 0.2) is 0 Å². The van der Waals surface area contributed by atoms with Crippen molar-refractivity contribution in [3.05, 3.63) is 12.0 Å². The van der Waals surface area contributed by atoms with E-state index >= 15 is 0 Å². The highest BCUT2D eigenvalue weighted by molar-refractivity contribution is 5.07. The first-order valence-electron chi connectivity index (χ1n) is 2.68. The minimum absolute atomic E-state index is 0.264. The number of rotatable bonds is 2. The number of nitrogens with one attached hydrogen (secondary N) is 1. The van der Waals surface area contributed by atoms with Crippen LogP contribution >= 0.6 is 0 Å². The van der Waals surface area contributed by atoms with Gasteiger partial charge in [-0.1, -0.05) is 0 Å². The molecule has 0 aliphatic heterocycles. The van der Waals surface area contributed by atoms with Gasteiger partial charge in [-0.25, -0.2) is 0 Å². The van der Waals surface area contributed by atoms with Gasteiger partial charge in [0.25, 0.3) is 0 Å². The molecule has 0 aliphatic rings. The number of hydrogen-bond donors (Lipinski definition) is 2. The third-order valence-corrected chi connectivity index (χ3v) is 1.09. The summed E-state index contributed by atoms with van der Waals surface area (Å²) in [6, 6.07) is 1.98. The molecular formula is C6H10N2O. The average Bonchev–Trinajstić information content (AvgIpc) is 1.90. The van der Waals surface area contributed by atoms with E-state index in [2.05, 4.69) is 5.32 Å². The standard InChI is InChI=1S/C6H10N2O/c1-5(3-7)6(4-9)8-2/h4-5,8-9H,1-2H3/b6-4-. The van der Waals surface area contributed by atoms with Gasteiger partial charge in [-0.3, -0.25) is 0 Å². The Kier molecular flexibility index (Phi) is 3.29. The lowest BCUT2D eigenvalue weighted by Crippen LogP contribution is -2.12. The molecule has 0 aliphatic carbocycles. The predicted octanol–water partition coefficient (Wildman–Crippen LogP) is 0.765. The molecule has 0 rings (SSSR count). The molecule has 50 valence electrons. The van der Waals surface area contributed by atoms with E-state index in [1.165, 1.54) is 0 Å². The highest BCUT2D eigenvalue weighted by atomic mass is 16.2. The molecule has 0 aromatic carbocycles. The van der Waals surface area contributed by atoms with Crippen LogP contribution in [0.5, 0.6) is 0 Å². The Labute approximate surface area is 54.6 Å². The molecule has 0 heterocycles. The Morgan fingerprint density at radius 3 is 2.56 bits per heavy atom. The molecule has 2 N–H and O–H groups in total. The van der Waals surface area contributed by atoms with E-state index in [-0.39, 0.29) is 5.92 Å². The first kappa shape index (κ1) is 7.83. The van der Waals surface area contributed by atoms with Crippen LogP contribution in [0.4, 0.5) is 0 Å². The van der Waals surface area contributed by atoms with E-state index in [0.717, 1.165) is 6.26 Å². The second kappa shape index (κ2) is 3.79. The highest BCUT2D eigenvalue weighted by Gasteiger charge is 2.03. The van der Waals surface area contributed by atoms with Gasteiger partial charge in [0, 0.05) is 7.05 Å². The number of aliphatic hydroxyl groups is 1. The Balaban J connectivity index is 4.01. The smallest absolute Gasteiger partial charge is 0.0994 e. The zero-order chi connectivity index (χ0) is 7.28. The molecule has 0 aromatic rings. The quantitative estimate of drug-likeness (QED) is 0.537. The lowest BCUT2D eigenvalue weighted by atomic mass is 10.1. The zero-order valence-electron chi connectivity index (χ0n) is 5.55. The normalized spacial score (nSPS) is 14.1. The first-order chi connectivity index (χ1) is 4.26. The fourth-order valence-electron chi connectivity index (χ4n) is 0.462. The molecule has 0 amide bonds. The molecule has 0 saturated carbocycles. The molecule has 1 atom stereocenters. The number of nitrogens with zero attached hydrogens (tertiary/aromatic N) is 1. The van der Waals surface area contributed by atoms with Gasteiger partial charge in [0.05, 0.1) is 23.9 Å². The van der Waals surface area contributed by atoms with E-state index in [1.54, 1.807) is 14.0 Å². The monoisotopic (exact) mass is 126 g/mol. The lowest BCUT2D eigenvalue weighted by molar-refractivity contribution is 0.455. The van der Waals surface area contributed by atoms with E-state index in [9.17, 15) is 0 Å². The van der Waals surface area contributed by atoms with Gasteiger partial charge < -0.3 is 10.4 Å². The maximum atomic E-state index is 8.45. The molecule has 0 saturated heterocycles. The van der Waals surface area contributed by atoms with Crippen LogP contribution in [-0.4, -0.2) is 12.2 Å². The minimum Gasteiger partial charge on any atom is -0.514 e. The number of allylic oxidation sites excluding steroid dienone is 1. The molecule has 0 bridgehead atoms. The minimum atomic E-state index is -0.264. The zero-order valence-corrected chi connectivity index (χ0v) is 5.55. The third kappa shape index (κ3) is 2.04. The Morgan fingerprint density at radius 1 is 1.89 bits per heavy atom. The van der Waals surface area contributed by atoms with Crippen molar-refractivity contribution in [1.82, 2.24) is 5.32 Å². The Morgan fingerprint density at radius 2 is 2.44 bits per heavy atom. The van der Waals surface area contributed by atoms with E-state index in [1.807, 2.05) is 6.07 Å². The van der Waals surface area contributed by atoms with Crippen LogP contribution in [0.1, 0.15) is 6.92 Å². The number of nitriles is 1. The van der Waals surface area contributed by atoms with Crippen molar-refractivity contribution in [3.8, 4) is 6.07 Å². The summed E-state index contributed by atoms with van der Waals surface area (Å²) >= 11 is 0. The fourth-order valence-corrected chi connectivity index (χ4v) is 0.462. The van der Waals surface area contributed by atoms with Gasteiger partial charge >= 0.3 is 0 Å². The molecule has 9 heavy (non-hydrogen) atoms. The number of hydrogen-bond acceptors (Lipinski definition) is 3. The number of aliphatic hydroxyl groups excluding tert-OH is 1. The van der Waals surface area contributed by atoms with Gasteiger partial charge in [-0.2, -0.15) is 5.26 Å². The summed E-state index contributed by atoms with van der Waals surface area (Å²) in [6.07, 6.45) is 0.911. The maximum Gasteiger partial charge on any atom is 0.0994 e. The van der Waals surface area contributed by atoms with E-state index in [4.69, 9.17) is 10.4 Å². The van der Waals surface area contributed by atoms with Crippen molar-refractivity contribution in [1.29, 1.82) is 5.26 Å². The van der Waals surface area contributed by atoms with Gasteiger partial charge in [0.1, 0.15) is 0 Å². The SMILES string of the molecule is CN/C(=C\O)C(C)C#N. The second-order valence-corrected chi connectivity index (χ2v) is 1.69. The molecule has 0 spiro atoms. The summed E-state index contributed by atoms with van der Waals surface area (Å²) in [4.78, 5) is 0. The molecule has 3 heteroatoms. The first-order valence-corrected chi connectivity index (χ1v) is 2.68. The molecule has 0 fully saturated rings. The van der Waals surface area contributed by atoms with Crippen LogP contribution in [0.25, 0.3) is 0 Å². The highest BCUT2D eigenvalue weighted by Crippen LogP contribution is 2.02. The molecular weight excluding hydrogens is 116 g/mol. The van der Waals surface area contributed by atoms with Crippen LogP contribution in [0, 0.1) is 17.2 Å². The summed E-state index contributed by atoms with van der Waals surface area (Å²) in [5.74, 6) is -0.264. The maximum absolute atomic E-state index is 8.45. The van der Waals surface area contributed by atoms with Crippen LogP contribution in [0.3, 0.4) is 0 Å². The average molecular weight is 126 g/mol. The molecule has 3 nitrogen and oxygen atoms in total. The summed E-state index contributed by atoms with van der Waals surface area (Å²) in [5, 5.41) is 19.5. The van der Waals surface area contributed by atoms with Gasteiger partial charge in [0.2, 0.25) is 0 Å². The van der Waals surface area contributed by atoms with Crippen molar-refractivity contribution >= 4 is 0 Å². The van der Waals surface area contributed by atoms with E-state index < -0.39 is 0 Å². The summed E-state index contributed by atoms with van der Waals surface area (Å²) in [7, 11) is 1.66. The largest absolute Gasteiger partial charge is 0.514 e. The Hall–Kier alpha value is -1.17. The van der Waals surface area contributed by atoms with E-state index in [0.29, 0.717) is 5.70 Å². The second-order valence-electron chi connectivity index (χ2n) is 1.69. The van der Waals surface area contributed by atoms with Crippen molar-refractivity contribution in [2.45, 2.75) is 6.92 Å². The summed E-state index contributed by atoms with van der Waals surface area (Å²) in [6.45, 7) is 1.71. The lowest BCUT2D eigenvalue weighted by Gasteiger charge is -2.04. The van der Waals surface area contributed by atoms with Crippen LogP contribution in [0.15, 0.2) is 12.0 Å². The molecule has 1 unspecified atom stereocenters. The van der Waals surface area contributed by atoms with Crippen LogP contribution in [-0.2, 0) is 0 Å². The van der Waals surface area contributed by atoms with Crippen molar-refractivity contribution < 1.29 is 5.11 Å². The fraction of sp³-hybridized carbons (Fsp3) is 0.500. The van der Waals surface area contributed by atoms with Gasteiger partial charge in [-0.15, -0.1) is 0 Å². The molecule has 0 radical (unpaired) electrons. The Bertz CT molecular complexity index is 146. The topological polar surface area (TPSA) is 56.0 Å². The van der Waals surface area contributed by atoms with Crippen molar-refractivity contribution in [2.24, 2.45) is 5.92 Å². The third-order valence-electron chi connectivity index (χ3n) is 1.09.